The SMILES string of the molecule is CSc1cccc(N2CCN(C(C)C)CC2)c1C#N. The first kappa shape index (κ1) is 14.2. The van der Waals surface area contributed by atoms with Crippen molar-refractivity contribution in [1.82, 2.24) is 4.90 Å². The summed E-state index contributed by atoms with van der Waals surface area (Å²) >= 11 is 1.64. The zero-order valence-electron chi connectivity index (χ0n) is 11.9. The summed E-state index contributed by atoms with van der Waals surface area (Å²) in [6.07, 6.45) is 2.02. The fourth-order valence-corrected chi connectivity index (χ4v) is 3.11. The smallest absolute Gasteiger partial charge is 0.103 e. The molecule has 102 valence electrons. The summed E-state index contributed by atoms with van der Waals surface area (Å²) in [5.74, 6) is 0. The molecule has 0 bridgehead atoms. The van der Waals surface area contributed by atoms with Gasteiger partial charge < -0.3 is 4.90 Å². The van der Waals surface area contributed by atoms with Crippen LogP contribution < -0.4 is 4.90 Å². The number of piperazine rings is 1. The van der Waals surface area contributed by atoms with E-state index in [1.165, 1.54) is 0 Å². The maximum absolute atomic E-state index is 9.40. The highest BCUT2D eigenvalue weighted by Gasteiger charge is 2.21. The summed E-state index contributed by atoms with van der Waals surface area (Å²) < 4.78 is 0. The maximum atomic E-state index is 9.40. The summed E-state index contributed by atoms with van der Waals surface area (Å²) in [5, 5.41) is 9.40. The molecule has 1 saturated heterocycles. The molecule has 0 radical (unpaired) electrons. The lowest BCUT2D eigenvalue weighted by Crippen LogP contribution is -2.49. The number of hydrogen-bond donors (Lipinski definition) is 0. The largest absolute Gasteiger partial charge is 0.368 e. The van der Waals surface area contributed by atoms with Crippen molar-refractivity contribution in [3.63, 3.8) is 0 Å². The first-order valence-electron chi connectivity index (χ1n) is 6.73. The normalized spacial score (nSPS) is 16.7. The standard InChI is InChI=1S/C15H21N3S/c1-12(2)17-7-9-18(10-8-17)14-5-4-6-15(19-3)13(14)11-16/h4-6,12H,7-10H2,1-3H3. The van der Waals surface area contributed by atoms with Crippen molar-refractivity contribution in [2.75, 3.05) is 37.3 Å². The van der Waals surface area contributed by atoms with Crippen LogP contribution in [0.15, 0.2) is 23.1 Å². The second-order valence-corrected chi connectivity index (χ2v) is 5.93. The van der Waals surface area contributed by atoms with Crippen LogP contribution in [0.25, 0.3) is 0 Å². The van der Waals surface area contributed by atoms with E-state index < -0.39 is 0 Å². The summed E-state index contributed by atoms with van der Waals surface area (Å²) in [6, 6.07) is 9.13. The monoisotopic (exact) mass is 275 g/mol. The molecule has 0 atom stereocenters. The highest BCUT2D eigenvalue weighted by molar-refractivity contribution is 7.98. The molecule has 0 aliphatic carbocycles. The quantitative estimate of drug-likeness (QED) is 0.794. The zero-order valence-corrected chi connectivity index (χ0v) is 12.7. The Morgan fingerprint density at radius 2 is 1.89 bits per heavy atom. The van der Waals surface area contributed by atoms with Crippen LogP contribution in [-0.2, 0) is 0 Å². The molecule has 1 aromatic carbocycles. The zero-order chi connectivity index (χ0) is 13.8. The van der Waals surface area contributed by atoms with Gasteiger partial charge in [-0.05, 0) is 32.2 Å². The molecule has 0 unspecified atom stereocenters. The molecule has 1 aliphatic heterocycles. The van der Waals surface area contributed by atoms with E-state index in [1.807, 2.05) is 12.3 Å². The van der Waals surface area contributed by atoms with E-state index in [1.54, 1.807) is 11.8 Å². The Morgan fingerprint density at radius 1 is 1.21 bits per heavy atom. The third-order valence-corrected chi connectivity index (χ3v) is 4.50. The molecule has 1 aromatic rings. The van der Waals surface area contributed by atoms with Crippen LogP contribution in [-0.4, -0.2) is 43.4 Å². The van der Waals surface area contributed by atoms with E-state index in [0.717, 1.165) is 42.3 Å². The van der Waals surface area contributed by atoms with Crippen molar-refractivity contribution in [1.29, 1.82) is 5.26 Å². The third kappa shape index (κ3) is 3.05. The Balaban J connectivity index is 2.18. The van der Waals surface area contributed by atoms with Crippen LogP contribution in [0.2, 0.25) is 0 Å². The first-order chi connectivity index (χ1) is 9.17. The van der Waals surface area contributed by atoms with Crippen LogP contribution in [0, 0.1) is 11.3 Å². The van der Waals surface area contributed by atoms with Crippen LogP contribution in [0.4, 0.5) is 5.69 Å². The molecule has 4 heteroatoms. The van der Waals surface area contributed by atoms with Crippen LogP contribution in [0.3, 0.4) is 0 Å². The number of hydrogen-bond acceptors (Lipinski definition) is 4. The number of benzene rings is 1. The van der Waals surface area contributed by atoms with Gasteiger partial charge in [-0.15, -0.1) is 11.8 Å². The fourth-order valence-electron chi connectivity index (χ4n) is 2.54. The van der Waals surface area contributed by atoms with Gasteiger partial charge in [0.15, 0.2) is 0 Å². The summed E-state index contributed by atoms with van der Waals surface area (Å²) in [6.45, 7) is 8.64. The second kappa shape index (κ2) is 6.31. The second-order valence-electron chi connectivity index (χ2n) is 5.08. The number of nitrogens with zero attached hydrogens (tertiary/aromatic N) is 3. The van der Waals surface area contributed by atoms with Gasteiger partial charge in [0.1, 0.15) is 6.07 Å². The van der Waals surface area contributed by atoms with Gasteiger partial charge in [0.05, 0.1) is 11.3 Å². The third-order valence-electron chi connectivity index (χ3n) is 3.72. The van der Waals surface area contributed by atoms with Gasteiger partial charge in [-0.1, -0.05) is 6.07 Å². The molecule has 1 heterocycles. The van der Waals surface area contributed by atoms with E-state index in [4.69, 9.17) is 0 Å². The molecule has 0 spiro atoms. The van der Waals surface area contributed by atoms with Crippen molar-refractivity contribution in [2.45, 2.75) is 24.8 Å². The molecule has 1 aliphatic rings. The Hall–Kier alpha value is -1.18. The average Bonchev–Trinajstić information content (AvgIpc) is 2.46. The summed E-state index contributed by atoms with van der Waals surface area (Å²) in [5.41, 5.74) is 1.92. The average molecular weight is 275 g/mol. The van der Waals surface area contributed by atoms with Crippen molar-refractivity contribution >= 4 is 17.4 Å². The van der Waals surface area contributed by atoms with Crippen molar-refractivity contribution in [3.8, 4) is 6.07 Å². The molecule has 1 fully saturated rings. The first-order valence-corrected chi connectivity index (χ1v) is 7.96. The molecule has 3 nitrogen and oxygen atoms in total. The van der Waals surface area contributed by atoms with Gasteiger partial charge in [0.2, 0.25) is 0 Å². The molecule has 19 heavy (non-hydrogen) atoms. The van der Waals surface area contributed by atoms with Gasteiger partial charge in [-0.25, -0.2) is 0 Å². The molecule has 0 N–H and O–H groups in total. The van der Waals surface area contributed by atoms with E-state index in [-0.39, 0.29) is 0 Å². The minimum Gasteiger partial charge on any atom is -0.368 e. The minimum atomic E-state index is 0.607. The highest BCUT2D eigenvalue weighted by Crippen LogP contribution is 2.29. The highest BCUT2D eigenvalue weighted by atomic mass is 32.2. The van der Waals surface area contributed by atoms with Gasteiger partial charge in [0.25, 0.3) is 0 Å². The van der Waals surface area contributed by atoms with Gasteiger partial charge >= 0.3 is 0 Å². The van der Waals surface area contributed by atoms with Crippen molar-refractivity contribution in [3.05, 3.63) is 23.8 Å². The van der Waals surface area contributed by atoms with Gasteiger partial charge in [-0.2, -0.15) is 5.26 Å². The fraction of sp³-hybridized carbons (Fsp3) is 0.533. The number of nitriles is 1. The lowest BCUT2D eigenvalue weighted by Gasteiger charge is -2.38. The van der Waals surface area contributed by atoms with Crippen LogP contribution in [0.1, 0.15) is 19.4 Å². The Labute approximate surface area is 120 Å². The molecular formula is C15H21N3S. The lowest BCUT2D eigenvalue weighted by molar-refractivity contribution is 0.209. The number of anilines is 1. The van der Waals surface area contributed by atoms with Crippen molar-refractivity contribution < 1.29 is 0 Å². The Morgan fingerprint density at radius 3 is 2.42 bits per heavy atom. The van der Waals surface area contributed by atoms with Crippen LogP contribution >= 0.6 is 11.8 Å². The lowest BCUT2D eigenvalue weighted by atomic mass is 10.1. The predicted octanol–water partition coefficient (Wildman–Crippen LogP) is 2.81. The molecule has 2 rings (SSSR count). The number of rotatable bonds is 3. The van der Waals surface area contributed by atoms with Gasteiger partial charge in [-0.3, -0.25) is 4.90 Å². The topological polar surface area (TPSA) is 30.3 Å². The summed E-state index contributed by atoms with van der Waals surface area (Å²) in [4.78, 5) is 5.91. The predicted molar refractivity (Wildman–Crippen MR) is 81.9 cm³/mol. The van der Waals surface area contributed by atoms with E-state index in [0.29, 0.717) is 6.04 Å². The van der Waals surface area contributed by atoms with Gasteiger partial charge in [0, 0.05) is 37.1 Å². The van der Waals surface area contributed by atoms with E-state index in [2.05, 4.69) is 41.8 Å². The molecule has 0 saturated carbocycles. The maximum Gasteiger partial charge on any atom is 0.103 e. The molecular weight excluding hydrogens is 254 g/mol. The Bertz CT molecular complexity index is 471. The van der Waals surface area contributed by atoms with E-state index in [9.17, 15) is 5.26 Å². The Kier molecular flexibility index (Phi) is 4.73. The number of thioether (sulfide) groups is 1. The minimum absolute atomic E-state index is 0.607. The van der Waals surface area contributed by atoms with E-state index >= 15 is 0 Å². The summed E-state index contributed by atoms with van der Waals surface area (Å²) in [7, 11) is 0. The molecule has 0 amide bonds. The van der Waals surface area contributed by atoms with Crippen LogP contribution in [0.5, 0.6) is 0 Å². The molecule has 0 aromatic heterocycles. The van der Waals surface area contributed by atoms with Crippen molar-refractivity contribution in [2.24, 2.45) is 0 Å².